The molecule has 0 bridgehead atoms. The monoisotopic (exact) mass is 269 g/mol. The van der Waals surface area contributed by atoms with Gasteiger partial charge in [0.15, 0.2) is 5.84 Å². The Kier molecular flexibility index (Phi) is 6.12. The maximum absolute atomic E-state index is 12.5. The molecule has 1 rings (SSSR count). The van der Waals surface area contributed by atoms with Crippen LogP contribution in [0.1, 0.15) is 46.5 Å². The number of carbonyl (C=O) groups is 1. The minimum atomic E-state index is -0.511. The Morgan fingerprint density at radius 2 is 2.11 bits per heavy atom. The lowest BCUT2D eigenvalue weighted by Gasteiger charge is -2.27. The molecule has 0 aromatic heterocycles. The summed E-state index contributed by atoms with van der Waals surface area (Å²) in [6.07, 6.45) is 4.47. The molecule has 0 radical (unpaired) electrons. The van der Waals surface area contributed by atoms with Crippen molar-refractivity contribution in [3.63, 3.8) is 0 Å². The lowest BCUT2D eigenvalue weighted by atomic mass is 9.93. The lowest BCUT2D eigenvalue weighted by Crippen LogP contribution is -2.44. The maximum Gasteiger partial charge on any atom is 0.233 e. The molecule has 0 spiro atoms. The second kappa shape index (κ2) is 7.36. The van der Waals surface area contributed by atoms with Gasteiger partial charge in [-0.25, -0.2) is 0 Å². The van der Waals surface area contributed by atoms with Crippen LogP contribution in [0.4, 0.5) is 0 Å². The van der Waals surface area contributed by atoms with Gasteiger partial charge in [0.2, 0.25) is 5.91 Å². The summed E-state index contributed by atoms with van der Waals surface area (Å²) < 4.78 is 0. The van der Waals surface area contributed by atoms with E-state index in [2.05, 4.69) is 12.1 Å². The molecule has 1 heterocycles. The number of hydrogen-bond acceptors (Lipinski definition) is 3. The van der Waals surface area contributed by atoms with Gasteiger partial charge in [0.1, 0.15) is 5.92 Å². The Morgan fingerprint density at radius 3 is 2.63 bits per heavy atom. The first kappa shape index (κ1) is 15.8. The molecule has 1 saturated heterocycles. The molecule has 0 aromatic carbocycles. The number of likely N-dealkylation sites (tertiary alicyclic amines) is 1. The second-order valence-electron chi connectivity index (χ2n) is 5.78. The number of nitrogens with zero attached hydrogens (tertiary/aromatic N) is 2. The number of amides is 1. The summed E-state index contributed by atoms with van der Waals surface area (Å²) in [5.41, 5.74) is 5.67. The number of nitrogens with two attached hydrogens (primary N) is 1. The minimum Gasteiger partial charge on any atom is -0.409 e. The average Bonchev–Trinajstić information content (AvgIpc) is 2.63. The molecule has 5 heteroatoms. The van der Waals surface area contributed by atoms with E-state index in [1.807, 2.05) is 18.7 Å². The molecule has 0 aromatic rings. The van der Waals surface area contributed by atoms with E-state index in [0.29, 0.717) is 0 Å². The van der Waals surface area contributed by atoms with Crippen LogP contribution in [-0.4, -0.2) is 34.9 Å². The zero-order valence-corrected chi connectivity index (χ0v) is 12.3. The highest BCUT2D eigenvalue weighted by Gasteiger charge is 2.31. The van der Waals surface area contributed by atoms with Gasteiger partial charge in [-0.1, -0.05) is 32.3 Å². The van der Waals surface area contributed by atoms with Gasteiger partial charge in [-0.3, -0.25) is 4.79 Å². The van der Waals surface area contributed by atoms with Gasteiger partial charge in [-0.2, -0.15) is 0 Å². The molecule has 2 unspecified atom stereocenters. The van der Waals surface area contributed by atoms with Crippen LogP contribution >= 0.6 is 0 Å². The fourth-order valence-corrected chi connectivity index (χ4v) is 2.81. The van der Waals surface area contributed by atoms with Gasteiger partial charge in [0, 0.05) is 13.1 Å². The van der Waals surface area contributed by atoms with Crippen molar-refractivity contribution in [3.05, 3.63) is 0 Å². The molecule has 3 N–H and O–H groups in total. The smallest absolute Gasteiger partial charge is 0.233 e. The van der Waals surface area contributed by atoms with E-state index in [9.17, 15) is 4.79 Å². The molecule has 110 valence electrons. The van der Waals surface area contributed by atoms with Crippen LogP contribution in [-0.2, 0) is 4.79 Å². The molecular weight excluding hydrogens is 242 g/mol. The van der Waals surface area contributed by atoms with Crippen LogP contribution in [0, 0.1) is 17.8 Å². The molecule has 0 aliphatic carbocycles. The number of oxime groups is 1. The zero-order valence-electron chi connectivity index (χ0n) is 12.3. The van der Waals surface area contributed by atoms with Crippen molar-refractivity contribution in [1.29, 1.82) is 0 Å². The van der Waals surface area contributed by atoms with E-state index < -0.39 is 5.92 Å². The van der Waals surface area contributed by atoms with E-state index >= 15 is 0 Å². The average molecular weight is 269 g/mol. The van der Waals surface area contributed by atoms with Crippen molar-refractivity contribution in [3.8, 4) is 0 Å². The maximum atomic E-state index is 12.5. The summed E-state index contributed by atoms with van der Waals surface area (Å²) >= 11 is 0. The minimum absolute atomic E-state index is 0.00190. The van der Waals surface area contributed by atoms with E-state index in [0.717, 1.165) is 31.8 Å². The third-order valence-electron chi connectivity index (χ3n) is 4.10. The van der Waals surface area contributed by atoms with Crippen molar-refractivity contribution in [2.24, 2.45) is 28.6 Å². The SMILES string of the molecule is CCC1CCCN(C(=O)C(C(N)=NO)C(C)C)CC1. The fourth-order valence-electron chi connectivity index (χ4n) is 2.81. The van der Waals surface area contributed by atoms with Gasteiger partial charge in [-0.15, -0.1) is 0 Å². The molecule has 1 amide bonds. The van der Waals surface area contributed by atoms with Crippen LogP contribution in [0.3, 0.4) is 0 Å². The predicted molar refractivity (Wildman–Crippen MR) is 75.9 cm³/mol. The highest BCUT2D eigenvalue weighted by atomic mass is 16.4. The summed E-state index contributed by atoms with van der Waals surface area (Å²) in [5.74, 6) is 0.272. The summed E-state index contributed by atoms with van der Waals surface area (Å²) in [6, 6.07) is 0. The van der Waals surface area contributed by atoms with Crippen LogP contribution in [0.2, 0.25) is 0 Å². The number of carbonyl (C=O) groups excluding carboxylic acids is 1. The van der Waals surface area contributed by atoms with Crippen molar-refractivity contribution >= 4 is 11.7 Å². The summed E-state index contributed by atoms with van der Waals surface area (Å²) in [4.78, 5) is 14.4. The quantitative estimate of drug-likeness (QED) is 0.355. The number of rotatable bonds is 4. The van der Waals surface area contributed by atoms with Crippen molar-refractivity contribution < 1.29 is 10.0 Å². The lowest BCUT2D eigenvalue weighted by molar-refractivity contribution is -0.134. The molecular formula is C14H27N3O2. The Labute approximate surface area is 115 Å². The second-order valence-corrected chi connectivity index (χ2v) is 5.78. The number of amidine groups is 1. The van der Waals surface area contributed by atoms with Gasteiger partial charge in [0.05, 0.1) is 0 Å². The van der Waals surface area contributed by atoms with E-state index in [-0.39, 0.29) is 17.7 Å². The van der Waals surface area contributed by atoms with Crippen LogP contribution < -0.4 is 5.73 Å². The largest absolute Gasteiger partial charge is 0.409 e. The van der Waals surface area contributed by atoms with E-state index in [1.54, 1.807) is 0 Å². The zero-order chi connectivity index (χ0) is 14.4. The Hall–Kier alpha value is -1.26. The van der Waals surface area contributed by atoms with Crippen LogP contribution in [0.15, 0.2) is 5.16 Å². The summed E-state index contributed by atoms with van der Waals surface area (Å²) in [5, 5.41) is 11.9. The van der Waals surface area contributed by atoms with Crippen molar-refractivity contribution in [2.45, 2.75) is 46.5 Å². The highest BCUT2D eigenvalue weighted by Crippen LogP contribution is 2.23. The first-order valence-corrected chi connectivity index (χ1v) is 7.27. The molecule has 0 saturated carbocycles. The topological polar surface area (TPSA) is 78.9 Å². The molecule has 1 fully saturated rings. The fraction of sp³-hybridized carbons (Fsp3) is 0.857. The molecule has 5 nitrogen and oxygen atoms in total. The normalized spacial score (nSPS) is 23.3. The van der Waals surface area contributed by atoms with Crippen LogP contribution in [0.5, 0.6) is 0 Å². The first-order chi connectivity index (χ1) is 9.01. The van der Waals surface area contributed by atoms with Crippen molar-refractivity contribution in [1.82, 2.24) is 4.90 Å². The highest BCUT2D eigenvalue weighted by molar-refractivity contribution is 6.02. The Morgan fingerprint density at radius 1 is 1.42 bits per heavy atom. The van der Waals surface area contributed by atoms with Gasteiger partial charge in [-0.05, 0) is 31.1 Å². The Bertz CT molecular complexity index is 329. The third-order valence-corrected chi connectivity index (χ3v) is 4.10. The molecule has 1 aliphatic rings. The van der Waals surface area contributed by atoms with E-state index in [1.165, 1.54) is 12.8 Å². The molecule has 19 heavy (non-hydrogen) atoms. The first-order valence-electron chi connectivity index (χ1n) is 7.27. The van der Waals surface area contributed by atoms with Crippen molar-refractivity contribution in [2.75, 3.05) is 13.1 Å². The molecule has 2 atom stereocenters. The van der Waals surface area contributed by atoms with Gasteiger partial charge in [0.25, 0.3) is 0 Å². The summed E-state index contributed by atoms with van der Waals surface area (Å²) in [7, 11) is 0. The third kappa shape index (κ3) is 4.11. The van der Waals surface area contributed by atoms with Crippen LogP contribution in [0.25, 0.3) is 0 Å². The van der Waals surface area contributed by atoms with Gasteiger partial charge >= 0.3 is 0 Å². The number of hydrogen-bond donors (Lipinski definition) is 2. The summed E-state index contributed by atoms with van der Waals surface area (Å²) in [6.45, 7) is 7.63. The predicted octanol–water partition coefficient (Wildman–Crippen LogP) is 2.04. The molecule has 1 aliphatic heterocycles. The van der Waals surface area contributed by atoms with E-state index in [4.69, 9.17) is 10.9 Å². The Balaban J connectivity index is 2.74. The standard InChI is InChI=1S/C14H27N3O2/c1-4-11-6-5-8-17(9-7-11)14(18)12(10(2)3)13(15)16-19/h10-12,19H,4-9H2,1-3H3,(H2,15,16). The van der Waals surface area contributed by atoms with Gasteiger partial charge < -0.3 is 15.8 Å².